The van der Waals surface area contributed by atoms with Crippen molar-refractivity contribution >= 4 is 0 Å². The van der Waals surface area contributed by atoms with E-state index >= 15 is 0 Å². The van der Waals surface area contributed by atoms with E-state index in [0.29, 0.717) is 11.3 Å². The number of aliphatic hydroxyl groups is 2. The maximum absolute atomic E-state index is 10.2. The van der Waals surface area contributed by atoms with E-state index in [-0.39, 0.29) is 18.1 Å². The van der Waals surface area contributed by atoms with Crippen molar-refractivity contribution in [1.82, 2.24) is 0 Å². The molecule has 0 aliphatic heterocycles. The van der Waals surface area contributed by atoms with Gasteiger partial charge in [-0.1, -0.05) is 25.5 Å². The van der Waals surface area contributed by atoms with Crippen LogP contribution in [0, 0.1) is 16.7 Å². The van der Waals surface area contributed by atoms with Crippen molar-refractivity contribution in [3.8, 4) is 0 Å². The van der Waals surface area contributed by atoms with Gasteiger partial charge in [-0.15, -0.1) is 0 Å². The van der Waals surface area contributed by atoms with E-state index in [1.165, 1.54) is 12.8 Å². The Morgan fingerprint density at radius 3 is 2.59 bits per heavy atom. The van der Waals surface area contributed by atoms with Crippen LogP contribution in [0.5, 0.6) is 0 Å². The summed E-state index contributed by atoms with van der Waals surface area (Å²) >= 11 is 0. The van der Waals surface area contributed by atoms with E-state index < -0.39 is 0 Å². The van der Waals surface area contributed by atoms with E-state index in [1.807, 2.05) is 6.92 Å². The first-order valence-electron chi connectivity index (χ1n) is 6.88. The lowest BCUT2D eigenvalue weighted by molar-refractivity contribution is 0.00199. The van der Waals surface area contributed by atoms with E-state index in [2.05, 4.69) is 19.9 Å². The maximum Gasteiger partial charge on any atom is 0.0639 e. The second-order valence-corrected chi connectivity index (χ2v) is 6.57. The molecule has 2 nitrogen and oxygen atoms in total. The SMILES string of the molecule is C/C(=C\CC[C@@]1(C)[C@@H]2CC[C@@]1(C)[C@@H](O)C2)CO. The van der Waals surface area contributed by atoms with Gasteiger partial charge in [0, 0.05) is 0 Å². The fraction of sp³-hybridized carbons (Fsp3) is 0.867. The highest BCUT2D eigenvalue weighted by Gasteiger charge is 2.62. The number of aliphatic hydroxyl groups excluding tert-OH is 2. The second kappa shape index (κ2) is 4.40. The number of hydrogen-bond donors (Lipinski definition) is 2. The molecular weight excluding hydrogens is 212 g/mol. The number of rotatable bonds is 4. The standard InChI is InChI=1S/C15H26O2/c1-11(10-16)5-4-7-14(2)12-6-8-15(14,3)13(17)9-12/h5,12-13,16-17H,4,6-10H2,1-3H3/b11-5+/t12-,13+,14+,15+/m1/s1. The van der Waals surface area contributed by atoms with Crippen LogP contribution in [-0.2, 0) is 0 Å². The first-order chi connectivity index (χ1) is 7.94. The highest BCUT2D eigenvalue weighted by molar-refractivity contribution is 5.13. The largest absolute Gasteiger partial charge is 0.393 e. The van der Waals surface area contributed by atoms with Crippen molar-refractivity contribution in [3.05, 3.63) is 11.6 Å². The molecule has 0 amide bonds. The molecule has 0 unspecified atom stereocenters. The topological polar surface area (TPSA) is 40.5 Å². The van der Waals surface area contributed by atoms with Crippen molar-refractivity contribution in [1.29, 1.82) is 0 Å². The van der Waals surface area contributed by atoms with Crippen LogP contribution in [0.1, 0.15) is 52.9 Å². The molecule has 2 N–H and O–H groups in total. The number of hydrogen-bond acceptors (Lipinski definition) is 2. The van der Waals surface area contributed by atoms with Gasteiger partial charge >= 0.3 is 0 Å². The van der Waals surface area contributed by atoms with Gasteiger partial charge in [0.25, 0.3) is 0 Å². The molecular formula is C15H26O2. The van der Waals surface area contributed by atoms with Gasteiger partial charge in [0.05, 0.1) is 12.7 Å². The number of allylic oxidation sites excluding steroid dienone is 1. The van der Waals surface area contributed by atoms with Crippen LogP contribution in [0.15, 0.2) is 11.6 Å². The fourth-order valence-electron chi connectivity index (χ4n) is 4.17. The minimum atomic E-state index is -0.103. The molecule has 4 atom stereocenters. The van der Waals surface area contributed by atoms with Gasteiger partial charge < -0.3 is 10.2 Å². The van der Waals surface area contributed by atoms with Gasteiger partial charge in [0.2, 0.25) is 0 Å². The molecule has 2 rings (SSSR count). The van der Waals surface area contributed by atoms with Crippen LogP contribution >= 0.6 is 0 Å². The van der Waals surface area contributed by atoms with Crippen LogP contribution in [0.2, 0.25) is 0 Å². The summed E-state index contributed by atoms with van der Waals surface area (Å²) in [4.78, 5) is 0. The minimum Gasteiger partial charge on any atom is -0.393 e. The molecule has 17 heavy (non-hydrogen) atoms. The zero-order valence-corrected chi connectivity index (χ0v) is 11.4. The summed E-state index contributed by atoms with van der Waals surface area (Å²) in [6, 6.07) is 0. The summed E-state index contributed by atoms with van der Waals surface area (Å²) in [5.41, 5.74) is 1.47. The van der Waals surface area contributed by atoms with Crippen molar-refractivity contribution in [2.24, 2.45) is 16.7 Å². The lowest BCUT2D eigenvalue weighted by Crippen LogP contribution is -2.37. The zero-order chi connectivity index (χ0) is 12.7. The van der Waals surface area contributed by atoms with Gasteiger partial charge in [-0.2, -0.15) is 0 Å². The van der Waals surface area contributed by atoms with Crippen molar-refractivity contribution < 1.29 is 10.2 Å². The van der Waals surface area contributed by atoms with Crippen LogP contribution in [-0.4, -0.2) is 22.9 Å². The lowest BCUT2D eigenvalue weighted by atomic mass is 9.66. The quantitative estimate of drug-likeness (QED) is 0.739. The summed E-state index contributed by atoms with van der Waals surface area (Å²) in [6.07, 6.45) is 7.68. The fourth-order valence-corrected chi connectivity index (χ4v) is 4.17. The van der Waals surface area contributed by atoms with Gasteiger partial charge in [-0.05, 0) is 55.8 Å². The maximum atomic E-state index is 10.2. The zero-order valence-electron chi connectivity index (χ0n) is 11.4. The third-order valence-corrected chi connectivity index (χ3v) is 5.87. The Labute approximate surface area is 105 Å². The molecule has 0 spiro atoms. The van der Waals surface area contributed by atoms with Crippen molar-refractivity contribution in [2.45, 2.75) is 59.0 Å². The molecule has 2 fully saturated rings. The molecule has 0 radical (unpaired) electrons. The first kappa shape index (κ1) is 13.1. The second-order valence-electron chi connectivity index (χ2n) is 6.57. The Morgan fingerprint density at radius 1 is 1.41 bits per heavy atom. The summed E-state index contributed by atoms with van der Waals surface area (Å²) < 4.78 is 0. The molecule has 98 valence electrons. The molecule has 2 bridgehead atoms. The van der Waals surface area contributed by atoms with E-state index in [0.717, 1.165) is 24.8 Å². The third kappa shape index (κ3) is 1.86. The van der Waals surface area contributed by atoms with Crippen LogP contribution < -0.4 is 0 Å². The van der Waals surface area contributed by atoms with Crippen LogP contribution in [0.3, 0.4) is 0 Å². The average molecular weight is 238 g/mol. The Bertz CT molecular complexity index is 323. The Kier molecular flexibility index (Phi) is 3.39. The van der Waals surface area contributed by atoms with Crippen molar-refractivity contribution in [3.63, 3.8) is 0 Å². The molecule has 0 aromatic rings. The van der Waals surface area contributed by atoms with E-state index in [4.69, 9.17) is 5.11 Å². The normalized spacial score (nSPS) is 45.6. The molecule has 0 aromatic carbocycles. The smallest absolute Gasteiger partial charge is 0.0639 e. The molecule has 2 saturated carbocycles. The van der Waals surface area contributed by atoms with Crippen LogP contribution in [0.25, 0.3) is 0 Å². The lowest BCUT2D eigenvalue weighted by Gasteiger charge is -2.40. The van der Waals surface area contributed by atoms with E-state index in [9.17, 15) is 5.11 Å². The van der Waals surface area contributed by atoms with Gasteiger partial charge in [-0.25, -0.2) is 0 Å². The minimum absolute atomic E-state index is 0.103. The van der Waals surface area contributed by atoms with Gasteiger partial charge in [-0.3, -0.25) is 0 Å². The number of fused-ring (bicyclic) bond motifs is 2. The monoisotopic (exact) mass is 238 g/mol. The van der Waals surface area contributed by atoms with Crippen LogP contribution in [0.4, 0.5) is 0 Å². The highest BCUT2D eigenvalue weighted by atomic mass is 16.3. The molecule has 2 aliphatic rings. The molecule has 0 saturated heterocycles. The highest BCUT2D eigenvalue weighted by Crippen LogP contribution is 2.67. The molecule has 0 heterocycles. The summed E-state index contributed by atoms with van der Waals surface area (Å²) in [6.45, 7) is 6.78. The van der Waals surface area contributed by atoms with E-state index in [1.54, 1.807) is 0 Å². The third-order valence-electron chi connectivity index (χ3n) is 5.87. The summed E-state index contributed by atoms with van der Waals surface area (Å²) in [7, 11) is 0. The van der Waals surface area contributed by atoms with Crippen molar-refractivity contribution in [2.75, 3.05) is 6.61 Å². The Balaban J connectivity index is 2.05. The van der Waals surface area contributed by atoms with Gasteiger partial charge in [0.15, 0.2) is 0 Å². The molecule has 2 aliphatic carbocycles. The predicted octanol–water partition coefficient (Wildman–Crippen LogP) is 2.89. The molecule has 0 aromatic heterocycles. The Morgan fingerprint density at radius 2 is 2.12 bits per heavy atom. The predicted molar refractivity (Wildman–Crippen MR) is 69.6 cm³/mol. The molecule has 2 heteroatoms. The Hall–Kier alpha value is -0.340. The summed E-state index contributed by atoms with van der Waals surface area (Å²) in [5, 5.41) is 19.2. The summed E-state index contributed by atoms with van der Waals surface area (Å²) in [5.74, 6) is 0.699. The van der Waals surface area contributed by atoms with Gasteiger partial charge in [0.1, 0.15) is 0 Å². The average Bonchev–Trinajstić information content (AvgIpc) is 2.64. The first-order valence-corrected chi connectivity index (χ1v) is 6.88.